The molecule has 2 heteroatoms. The smallest absolute Gasteiger partial charge is 0.126 e. The summed E-state index contributed by atoms with van der Waals surface area (Å²) >= 11 is 5.70. The summed E-state index contributed by atoms with van der Waals surface area (Å²) in [7, 11) is 1.69. The van der Waals surface area contributed by atoms with Crippen molar-refractivity contribution in [1.82, 2.24) is 0 Å². The minimum atomic E-state index is 0.606. The molecule has 0 aromatic carbocycles. The van der Waals surface area contributed by atoms with Crippen molar-refractivity contribution < 1.29 is 0 Å². The Kier molecular flexibility index (Phi) is 3.55. The molecule has 0 rings (SSSR count). The Hall–Kier alpha value is -0.300. The van der Waals surface area contributed by atoms with Crippen LogP contribution in [0.2, 0.25) is 0 Å². The van der Waals surface area contributed by atoms with Crippen LogP contribution in [0, 0.1) is 0 Å². The highest BCUT2D eigenvalue weighted by atomic mass is 35.5. The molecular formula is C7H12ClN. The largest absolute Gasteiger partial charge is 0.276 e. The zero-order valence-corrected chi connectivity index (χ0v) is 7.08. The molecule has 0 aromatic rings. The molecule has 1 nitrogen and oxygen atoms in total. The lowest BCUT2D eigenvalue weighted by Crippen LogP contribution is -1.90. The second-order valence-corrected chi connectivity index (χ2v) is 2.50. The van der Waals surface area contributed by atoms with Gasteiger partial charge in [0.1, 0.15) is 5.17 Å². The molecule has 0 fully saturated rings. The van der Waals surface area contributed by atoms with E-state index < -0.39 is 0 Å². The fourth-order valence-electron chi connectivity index (χ4n) is 0.374. The van der Waals surface area contributed by atoms with Gasteiger partial charge in [-0.2, -0.15) is 0 Å². The fourth-order valence-corrected chi connectivity index (χ4v) is 0.563. The Bertz CT molecular complexity index is 152. The first-order valence-electron chi connectivity index (χ1n) is 2.86. The van der Waals surface area contributed by atoms with Gasteiger partial charge in [-0.15, -0.1) is 0 Å². The summed E-state index contributed by atoms with van der Waals surface area (Å²) in [6.07, 6.45) is 0. The molecule has 0 heterocycles. The highest BCUT2D eigenvalue weighted by Crippen LogP contribution is 2.06. The van der Waals surface area contributed by atoms with Gasteiger partial charge in [-0.25, -0.2) is 0 Å². The molecule has 0 atom stereocenters. The van der Waals surface area contributed by atoms with Crippen LogP contribution in [0.4, 0.5) is 0 Å². The lowest BCUT2D eigenvalue weighted by atomic mass is 10.2. The number of allylic oxidation sites excluding steroid dienone is 2. The number of hydrogen-bond acceptors (Lipinski definition) is 1. The maximum Gasteiger partial charge on any atom is 0.126 e. The second kappa shape index (κ2) is 3.67. The second-order valence-electron chi connectivity index (χ2n) is 2.14. The third-order valence-electron chi connectivity index (χ3n) is 1.26. The Balaban J connectivity index is 4.40. The van der Waals surface area contributed by atoms with Gasteiger partial charge in [0.2, 0.25) is 0 Å². The maximum atomic E-state index is 5.70. The summed E-state index contributed by atoms with van der Waals surface area (Å²) < 4.78 is 0. The van der Waals surface area contributed by atoms with Crippen LogP contribution < -0.4 is 0 Å². The van der Waals surface area contributed by atoms with Gasteiger partial charge in [0.15, 0.2) is 0 Å². The number of aliphatic imine (C=N–C) groups is 1. The highest BCUT2D eigenvalue weighted by molar-refractivity contribution is 6.69. The number of halogens is 1. The maximum absolute atomic E-state index is 5.70. The van der Waals surface area contributed by atoms with Crippen molar-refractivity contribution in [3.8, 4) is 0 Å². The average Bonchev–Trinajstić information content (AvgIpc) is 1.84. The molecule has 0 spiro atoms. The first-order chi connectivity index (χ1) is 4.09. The minimum Gasteiger partial charge on any atom is -0.276 e. The molecule has 0 saturated heterocycles. The highest BCUT2D eigenvalue weighted by Gasteiger charge is 1.95. The van der Waals surface area contributed by atoms with Crippen molar-refractivity contribution in [1.29, 1.82) is 0 Å². The summed E-state index contributed by atoms with van der Waals surface area (Å²) in [5.41, 5.74) is 2.28. The zero-order valence-electron chi connectivity index (χ0n) is 6.33. The van der Waals surface area contributed by atoms with Gasteiger partial charge in [0.05, 0.1) is 0 Å². The van der Waals surface area contributed by atoms with E-state index in [0.29, 0.717) is 5.17 Å². The van der Waals surface area contributed by atoms with E-state index in [2.05, 4.69) is 4.99 Å². The van der Waals surface area contributed by atoms with Crippen LogP contribution in [0.25, 0.3) is 0 Å². The quantitative estimate of drug-likeness (QED) is 0.503. The molecular weight excluding hydrogens is 134 g/mol. The third kappa shape index (κ3) is 2.66. The molecule has 0 aliphatic rings. The van der Waals surface area contributed by atoms with Crippen molar-refractivity contribution in [3.63, 3.8) is 0 Å². The number of rotatable bonds is 1. The van der Waals surface area contributed by atoms with Crippen molar-refractivity contribution in [2.75, 3.05) is 7.05 Å². The summed E-state index contributed by atoms with van der Waals surface area (Å²) in [4.78, 5) is 3.83. The van der Waals surface area contributed by atoms with Crippen molar-refractivity contribution >= 4 is 16.8 Å². The predicted molar refractivity (Wildman–Crippen MR) is 43.3 cm³/mol. The normalized spacial score (nSPS) is 11.4. The lowest BCUT2D eigenvalue weighted by molar-refractivity contribution is 1.31. The minimum absolute atomic E-state index is 0.606. The van der Waals surface area contributed by atoms with Gasteiger partial charge in [-0.1, -0.05) is 17.2 Å². The van der Waals surface area contributed by atoms with Gasteiger partial charge < -0.3 is 0 Å². The molecule has 0 amide bonds. The Labute approximate surface area is 61.4 Å². The van der Waals surface area contributed by atoms with Crippen molar-refractivity contribution in [2.24, 2.45) is 4.99 Å². The average molecular weight is 146 g/mol. The van der Waals surface area contributed by atoms with Crippen molar-refractivity contribution in [2.45, 2.75) is 20.8 Å². The van der Waals surface area contributed by atoms with Crippen LogP contribution in [-0.4, -0.2) is 12.2 Å². The summed E-state index contributed by atoms with van der Waals surface area (Å²) in [6, 6.07) is 0. The Morgan fingerprint density at radius 1 is 1.22 bits per heavy atom. The first kappa shape index (κ1) is 8.70. The molecule has 0 unspecified atom stereocenters. The number of hydrogen-bond donors (Lipinski definition) is 0. The van der Waals surface area contributed by atoms with Crippen LogP contribution in [0.5, 0.6) is 0 Å². The van der Waals surface area contributed by atoms with E-state index in [4.69, 9.17) is 11.6 Å². The van der Waals surface area contributed by atoms with Crippen LogP contribution in [0.15, 0.2) is 16.1 Å². The first-order valence-corrected chi connectivity index (χ1v) is 3.24. The fraction of sp³-hybridized carbons (Fsp3) is 0.571. The molecule has 52 valence electrons. The molecule has 0 aromatic heterocycles. The number of nitrogens with zero attached hydrogens (tertiary/aromatic N) is 1. The van der Waals surface area contributed by atoms with E-state index in [9.17, 15) is 0 Å². The molecule has 9 heavy (non-hydrogen) atoms. The van der Waals surface area contributed by atoms with E-state index in [1.165, 1.54) is 5.57 Å². The summed E-state index contributed by atoms with van der Waals surface area (Å²) in [5.74, 6) is 0. The molecule has 0 radical (unpaired) electrons. The van der Waals surface area contributed by atoms with E-state index in [0.717, 1.165) is 5.57 Å². The van der Waals surface area contributed by atoms with Crippen LogP contribution in [-0.2, 0) is 0 Å². The van der Waals surface area contributed by atoms with Gasteiger partial charge in [-0.3, -0.25) is 4.99 Å². The summed E-state index contributed by atoms with van der Waals surface area (Å²) in [6.45, 7) is 6.00. The van der Waals surface area contributed by atoms with Gasteiger partial charge in [0.25, 0.3) is 0 Å². The topological polar surface area (TPSA) is 12.4 Å². The van der Waals surface area contributed by atoms with Crippen LogP contribution >= 0.6 is 11.6 Å². The Morgan fingerprint density at radius 2 is 1.67 bits per heavy atom. The van der Waals surface area contributed by atoms with Crippen LogP contribution in [0.3, 0.4) is 0 Å². The van der Waals surface area contributed by atoms with E-state index in [-0.39, 0.29) is 0 Å². The SMILES string of the molecule is CN=C(Cl)C(C)=C(C)C. The summed E-state index contributed by atoms with van der Waals surface area (Å²) in [5, 5.41) is 0.606. The van der Waals surface area contributed by atoms with Gasteiger partial charge in [-0.05, 0) is 26.3 Å². The van der Waals surface area contributed by atoms with E-state index in [1.807, 2.05) is 20.8 Å². The monoisotopic (exact) mass is 145 g/mol. The van der Waals surface area contributed by atoms with Crippen molar-refractivity contribution in [3.05, 3.63) is 11.1 Å². The van der Waals surface area contributed by atoms with Gasteiger partial charge >= 0.3 is 0 Å². The molecule has 0 N–H and O–H groups in total. The predicted octanol–water partition coefficient (Wildman–Crippen LogP) is 2.61. The van der Waals surface area contributed by atoms with E-state index >= 15 is 0 Å². The molecule has 0 bridgehead atoms. The molecule has 0 aliphatic heterocycles. The third-order valence-corrected chi connectivity index (χ3v) is 1.71. The standard InChI is InChI=1S/C7H12ClN/c1-5(2)6(3)7(8)9-4/h1-4H3. The molecule has 0 saturated carbocycles. The van der Waals surface area contributed by atoms with Gasteiger partial charge in [0, 0.05) is 7.05 Å². The Morgan fingerprint density at radius 3 is 1.78 bits per heavy atom. The zero-order chi connectivity index (χ0) is 7.44. The van der Waals surface area contributed by atoms with E-state index in [1.54, 1.807) is 7.05 Å². The van der Waals surface area contributed by atoms with Crippen LogP contribution in [0.1, 0.15) is 20.8 Å². The lowest BCUT2D eigenvalue weighted by Gasteiger charge is -1.97. The molecule has 0 aliphatic carbocycles.